The Hall–Kier alpha value is -1.13. The van der Waals surface area contributed by atoms with Gasteiger partial charge in [-0.25, -0.2) is 4.98 Å². The average molecular weight is 251 g/mol. The van der Waals surface area contributed by atoms with Crippen LogP contribution in [-0.2, 0) is 6.54 Å². The van der Waals surface area contributed by atoms with Gasteiger partial charge in [0.05, 0.1) is 0 Å². The molecule has 1 heterocycles. The molecule has 0 atom stereocenters. The van der Waals surface area contributed by atoms with Crippen molar-refractivity contribution >= 4 is 5.82 Å². The molecule has 102 valence electrons. The van der Waals surface area contributed by atoms with Crippen molar-refractivity contribution in [3.05, 3.63) is 23.9 Å². The topological polar surface area (TPSA) is 48.4 Å². The van der Waals surface area contributed by atoms with Crippen molar-refractivity contribution in [3.8, 4) is 0 Å². The van der Waals surface area contributed by atoms with Gasteiger partial charge in [-0.1, -0.05) is 6.07 Å². The lowest BCUT2D eigenvalue weighted by Crippen LogP contribution is -2.19. The summed E-state index contributed by atoms with van der Waals surface area (Å²) in [5.41, 5.74) is 1.24. The zero-order valence-corrected chi connectivity index (χ0v) is 11.5. The maximum Gasteiger partial charge on any atom is 0.125 e. The number of rotatable bonds is 9. The number of aliphatic hydroxyl groups is 1. The van der Waals surface area contributed by atoms with Gasteiger partial charge < -0.3 is 15.3 Å². The summed E-state index contributed by atoms with van der Waals surface area (Å²) in [5.74, 6) is 0.937. The summed E-state index contributed by atoms with van der Waals surface area (Å²) in [4.78, 5) is 6.65. The van der Waals surface area contributed by atoms with Gasteiger partial charge in [0.15, 0.2) is 0 Å². The Labute approximate surface area is 110 Å². The van der Waals surface area contributed by atoms with E-state index in [1.807, 2.05) is 12.3 Å². The van der Waals surface area contributed by atoms with E-state index in [4.69, 9.17) is 5.11 Å². The van der Waals surface area contributed by atoms with Gasteiger partial charge in [0.1, 0.15) is 5.82 Å². The lowest BCUT2D eigenvalue weighted by atomic mass is 10.2. The fourth-order valence-electron chi connectivity index (χ4n) is 1.86. The van der Waals surface area contributed by atoms with E-state index in [0.717, 1.165) is 44.7 Å². The highest BCUT2D eigenvalue weighted by Crippen LogP contribution is 2.07. The summed E-state index contributed by atoms with van der Waals surface area (Å²) >= 11 is 0. The second-order valence-electron chi connectivity index (χ2n) is 4.60. The Bertz CT molecular complexity index is 313. The molecule has 4 nitrogen and oxygen atoms in total. The lowest BCUT2D eigenvalue weighted by Gasteiger charge is -2.16. The quantitative estimate of drug-likeness (QED) is 0.660. The minimum absolute atomic E-state index is 0.305. The fraction of sp³-hybridized carbons (Fsp3) is 0.643. The summed E-state index contributed by atoms with van der Waals surface area (Å²) in [6, 6.07) is 4.15. The van der Waals surface area contributed by atoms with Gasteiger partial charge in [-0.2, -0.15) is 0 Å². The predicted octanol–water partition coefficient (Wildman–Crippen LogP) is 2.11. The van der Waals surface area contributed by atoms with E-state index >= 15 is 0 Å². The van der Waals surface area contributed by atoms with Crippen LogP contribution >= 0.6 is 0 Å². The molecule has 0 saturated carbocycles. The SMILES string of the molecule is CCNc1ccc(CN(C)CCCCCO)cn1. The Kier molecular flexibility index (Phi) is 7.37. The van der Waals surface area contributed by atoms with Gasteiger partial charge in [-0.3, -0.25) is 0 Å². The van der Waals surface area contributed by atoms with Crippen molar-refractivity contribution in [1.29, 1.82) is 0 Å². The summed E-state index contributed by atoms with van der Waals surface area (Å²) in [6.45, 7) is 5.26. The van der Waals surface area contributed by atoms with Gasteiger partial charge in [0, 0.05) is 25.9 Å². The van der Waals surface area contributed by atoms with Crippen LogP contribution in [0.15, 0.2) is 18.3 Å². The molecule has 0 aromatic carbocycles. The zero-order chi connectivity index (χ0) is 13.2. The minimum atomic E-state index is 0.305. The van der Waals surface area contributed by atoms with E-state index < -0.39 is 0 Å². The molecule has 0 fully saturated rings. The molecule has 18 heavy (non-hydrogen) atoms. The highest BCUT2D eigenvalue weighted by atomic mass is 16.2. The van der Waals surface area contributed by atoms with Crippen molar-refractivity contribution in [2.24, 2.45) is 0 Å². The Morgan fingerprint density at radius 1 is 1.28 bits per heavy atom. The van der Waals surface area contributed by atoms with Gasteiger partial charge in [0.2, 0.25) is 0 Å². The molecule has 2 N–H and O–H groups in total. The Morgan fingerprint density at radius 2 is 2.11 bits per heavy atom. The van der Waals surface area contributed by atoms with Crippen molar-refractivity contribution in [3.63, 3.8) is 0 Å². The Balaban J connectivity index is 2.28. The van der Waals surface area contributed by atoms with Crippen LogP contribution in [-0.4, -0.2) is 41.7 Å². The van der Waals surface area contributed by atoms with E-state index in [-0.39, 0.29) is 0 Å². The monoisotopic (exact) mass is 251 g/mol. The van der Waals surface area contributed by atoms with Gasteiger partial charge >= 0.3 is 0 Å². The number of hydrogen-bond acceptors (Lipinski definition) is 4. The molecule has 1 aromatic heterocycles. The molecule has 1 aromatic rings. The van der Waals surface area contributed by atoms with Crippen LogP contribution in [0.2, 0.25) is 0 Å². The molecule has 1 rings (SSSR count). The van der Waals surface area contributed by atoms with Crippen molar-refractivity contribution in [2.75, 3.05) is 32.1 Å². The van der Waals surface area contributed by atoms with E-state index in [0.29, 0.717) is 6.61 Å². The lowest BCUT2D eigenvalue weighted by molar-refractivity contribution is 0.271. The standard InChI is InChI=1S/C14H25N3O/c1-3-15-14-8-7-13(11-16-14)12-17(2)9-5-4-6-10-18/h7-8,11,18H,3-6,9-10,12H2,1-2H3,(H,15,16). The van der Waals surface area contributed by atoms with Crippen molar-refractivity contribution in [2.45, 2.75) is 32.7 Å². The van der Waals surface area contributed by atoms with E-state index in [1.54, 1.807) is 0 Å². The first kappa shape index (κ1) is 14.9. The first-order valence-corrected chi connectivity index (χ1v) is 6.74. The highest BCUT2D eigenvalue weighted by Gasteiger charge is 2.01. The molecular formula is C14H25N3O. The highest BCUT2D eigenvalue weighted by molar-refractivity contribution is 5.35. The van der Waals surface area contributed by atoms with Gasteiger partial charge in [-0.15, -0.1) is 0 Å². The maximum atomic E-state index is 8.71. The molecule has 0 radical (unpaired) electrons. The van der Waals surface area contributed by atoms with E-state index in [9.17, 15) is 0 Å². The molecule has 0 aliphatic rings. The maximum absolute atomic E-state index is 8.71. The Morgan fingerprint density at radius 3 is 2.72 bits per heavy atom. The summed E-state index contributed by atoms with van der Waals surface area (Å²) in [5, 5.41) is 11.9. The third-order valence-corrected chi connectivity index (χ3v) is 2.83. The smallest absolute Gasteiger partial charge is 0.125 e. The number of aliphatic hydroxyl groups excluding tert-OH is 1. The molecular weight excluding hydrogens is 226 g/mol. The normalized spacial score (nSPS) is 10.9. The third-order valence-electron chi connectivity index (χ3n) is 2.83. The minimum Gasteiger partial charge on any atom is -0.396 e. The molecule has 0 aliphatic heterocycles. The molecule has 4 heteroatoms. The number of aromatic nitrogens is 1. The first-order valence-electron chi connectivity index (χ1n) is 6.74. The second kappa shape index (κ2) is 8.89. The van der Waals surface area contributed by atoms with Crippen LogP contribution in [0, 0.1) is 0 Å². The van der Waals surface area contributed by atoms with Crippen LogP contribution < -0.4 is 5.32 Å². The molecule has 0 aliphatic carbocycles. The van der Waals surface area contributed by atoms with Crippen LogP contribution in [0.25, 0.3) is 0 Å². The van der Waals surface area contributed by atoms with Crippen LogP contribution in [0.1, 0.15) is 31.7 Å². The van der Waals surface area contributed by atoms with Crippen molar-refractivity contribution in [1.82, 2.24) is 9.88 Å². The molecule has 0 spiro atoms. The zero-order valence-electron chi connectivity index (χ0n) is 11.5. The number of nitrogens with one attached hydrogen (secondary N) is 1. The van der Waals surface area contributed by atoms with E-state index in [2.05, 4.69) is 35.2 Å². The van der Waals surface area contributed by atoms with Crippen LogP contribution in [0.5, 0.6) is 0 Å². The van der Waals surface area contributed by atoms with Crippen LogP contribution in [0.3, 0.4) is 0 Å². The van der Waals surface area contributed by atoms with Gasteiger partial charge in [-0.05, 0) is 51.4 Å². The fourth-order valence-corrected chi connectivity index (χ4v) is 1.86. The third kappa shape index (κ3) is 5.98. The molecule has 0 unspecified atom stereocenters. The average Bonchev–Trinajstić information content (AvgIpc) is 2.37. The number of nitrogens with zero attached hydrogens (tertiary/aromatic N) is 2. The first-order chi connectivity index (χ1) is 8.76. The van der Waals surface area contributed by atoms with Crippen molar-refractivity contribution < 1.29 is 5.11 Å². The molecule has 0 bridgehead atoms. The van der Waals surface area contributed by atoms with E-state index in [1.165, 1.54) is 5.56 Å². The number of pyridine rings is 1. The molecule has 0 saturated heterocycles. The number of anilines is 1. The van der Waals surface area contributed by atoms with Gasteiger partial charge in [0.25, 0.3) is 0 Å². The predicted molar refractivity (Wildman–Crippen MR) is 75.7 cm³/mol. The molecule has 0 amide bonds. The summed E-state index contributed by atoms with van der Waals surface area (Å²) in [7, 11) is 2.12. The number of hydrogen-bond donors (Lipinski definition) is 2. The van der Waals surface area contributed by atoms with Crippen LogP contribution in [0.4, 0.5) is 5.82 Å². The summed E-state index contributed by atoms with van der Waals surface area (Å²) in [6.07, 6.45) is 5.08. The summed E-state index contributed by atoms with van der Waals surface area (Å²) < 4.78 is 0. The largest absolute Gasteiger partial charge is 0.396 e. The number of unbranched alkanes of at least 4 members (excludes halogenated alkanes) is 2. The second-order valence-corrected chi connectivity index (χ2v) is 4.60.